The fourth-order valence-electron chi connectivity index (χ4n) is 2.69. The summed E-state index contributed by atoms with van der Waals surface area (Å²) in [7, 11) is 0. The molecule has 2 N–H and O–H groups in total. The molecular weight excluding hydrogens is 338 g/mol. The van der Waals surface area contributed by atoms with E-state index in [1.807, 2.05) is 72.8 Å². The minimum absolute atomic E-state index is 0.384. The minimum atomic E-state index is -0.384. The van der Waals surface area contributed by atoms with Gasteiger partial charge in [0, 0.05) is 17.8 Å². The number of urea groups is 1. The standard InChI is InChI=1S/C21H17N5O/c27-21(23-19-13-7-8-14-22-19)24-20-15-18(16-9-3-1-4-10-16)25-26(20)17-11-5-2-6-12-17/h1-15H,(H2,22,23,24,27). The Labute approximate surface area is 156 Å². The zero-order valence-corrected chi connectivity index (χ0v) is 14.4. The van der Waals surface area contributed by atoms with Crippen LogP contribution in [0.25, 0.3) is 16.9 Å². The lowest BCUT2D eigenvalue weighted by molar-refractivity contribution is 0.262. The van der Waals surface area contributed by atoms with Crippen LogP contribution in [0, 0.1) is 0 Å². The first-order chi connectivity index (χ1) is 13.3. The molecule has 132 valence electrons. The van der Waals surface area contributed by atoms with Gasteiger partial charge in [-0.3, -0.25) is 10.6 Å². The van der Waals surface area contributed by atoms with Gasteiger partial charge in [-0.05, 0) is 24.3 Å². The molecule has 2 aromatic carbocycles. The molecule has 4 rings (SSSR count). The molecule has 0 bridgehead atoms. The highest BCUT2D eigenvalue weighted by molar-refractivity contribution is 5.99. The molecule has 6 heteroatoms. The Morgan fingerprint density at radius 3 is 2.22 bits per heavy atom. The highest BCUT2D eigenvalue weighted by Gasteiger charge is 2.14. The predicted molar refractivity (Wildman–Crippen MR) is 106 cm³/mol. The summed E-state index contributed by atoms with van der Waals surface area (Å²) in [6.45, 7) is 0. The largest absolute Gasteiger partial charge is 0.326 e. The summed E-state index contributed by atoms with van der Waals surface area (Å²) >= 11 is 0. The van der Waals surface area contributed by atoms with E-state index in [0.717, 1.165) is 16.9 Å². The van der Waals surface area contributed by atoms with Crippen molar-refractivity contribution in [2.45, 2.75) is 0 Å². The molecule has 2 amide bonds. The van der Waals surface area contributed by atoms with E-state index >= 15 is 0 Å². The average molecular weight is 355 g/mol. The third-order valence-corrected chi connectivity index (χ3v) is 3.93. The van der Waals surface area contributed by atoms with Crippen molar-refractivity contribution < 1.29 is 4.79 Å². The van der Waals surface area contributed by atoms with E-state index in [4.69, 9.17) is 0 Å². The van der Waals surface area contributed by atoms with Gasteiger partial charge in [-0.15, -0.1) is 0 Å². The monoisotopic (exact) mass is 355 g/mol. The van der Waals surface area contributed by atoms with Gasteiger partial charge in [-0.1, -0.05) is 54.6 Å². The number of aromatic nitrogens is 3. The molecular formula is C21H17N5O. The molecule has 2 heterocycles. The molecule has 2 aromatic heterocycles. The fourth-order valence-corrected chi connectivity index (χ4v) is 2.69. The van der Waals surface area contributed by atoms with Crippen molar-refractivity contribution in [3.63, 3.8) is 0 Å². The molecule has 27 heavy (non-hydrogen) atoms. The number of nitrogens with zero attached hydrogens (tertiary/aromatic N) is 3. The van der Waals surface area contributed by atoms with Crippen molar-refractivity contribution in [3.05, 3.63) is 91.1 Å². The van der Waals surface area contributed by atoms with Gasteiger partial charge < -0.3 is 0 Å². The van der Waals surface area contributed by atoms with Crippen LogP contribution in [0.2, 0.25) is 0 Å². The molecule has 0 fully saturated rings. The Morgan fingerprint density at radius 1 is 0.815 bits per heavy atom. The van der Waals surface area contributed by atoms with Crippen molar-refractivity contribution in [2.24, 2.45) is 0 Å². The average Bonchev–Trinajstić information content (AvgIpc) is 3.14. The number of para-hydroxylation sites is 1. The molecule has 0 aliphatic heterocycles. The second-order valence-electron chi connectivity index (χ2n) is 5.82. The number of carbonyl (C=O) groups excluding carboxylic acids is 1. The van der Waals surface area contributed by atoms with E-state index in [-0.39, 0.29) is 6.03 Å². The van der Waals surface area contributed by atoms with Crippen LogP contribution in [0.1, 0.15) is 0 Å². The summed E-state index contributed by atoms with van der Waals surface area (Å²) in [5.74, 6) is 1.04. The maximum absolute atomic E-state index is 12.4. The molecule has 0 aliphatic carbocycles. The molecule has 6 nitrogen and oxygen atoms in total. The third kappa shape index (κ3) is 3.85. The van der Waals surface area contributed by atoms with Crippen molar-refractivity contribution >= 4 is 17.7 Å². The Balaban J connectivity index is 1.66. The topological polar surface area (TPSA) is 71.8 Å². The molecule has 0 radical (unpaired) electrons. The lowest BCUT2D eigenvalue weighted by atomic mass is 10.2. The van der Waals surface area contributed by atoms with Gasteiger partial charge in [0.15, 0.2) is 0 Å². The maximum Gasteiger partial charge on any atom is 0.326 e. The molecule has 0 saturated heterocycles. The number of pyridine rings is 1. The zero-order chi connectivity index (χ0) is 18.5. The Morgan fingerprint density at radius 2 is 1.52 bits per heavy atom. The van der Waals surface area contributed by atoms with Crippen LogP contribution in [0.15, 0.2) is 91.1 Å². The summed E-state index contributed by atoms with van der Waals surface area (Å²) in [6.07, 6.45) is 1.62. The molecule has 0 spiro atoms. The van der Waals surface area contributed by atoms with E-state index in [1.165, 1.54) is 0 Å². The molecule has 0 unspecified atom stereocenters. The lowest BCUT2D eigenvalue weighted by Crippen LogP contribution is -2.21. The second-order valence-corrected chi connectivity index (χ2v) is 5.82. The molecule has 0 saturated carbocycles. The Hall–Kier alpha value is -3.93. The number of hydrogen-bond acceptors (Lipinski definition) is 3. The van der Waals surface area contributed by atoms with Crippen LogP contribution >= 0.6 is 0 Å². The van der Waals surface area contributed by atoms with Crippen LogP contribution in [0.4, 0.5) is 16.4 Å². The maximum atomic E-state index is 12.4. The number of benzene rings is 2. The zero-order valence-electron chi connectivity index (χ0n) is 14.4. The van der Waals surface area contributed by atoms with E-state index in [2.05, 4.69) is 20.7 Å². The lowest BCUT2D eigenvalue weighted by Gasteiger charge is -2.09. The minimum Gasteiger partial charge on any atom is -0.292 e. The predicted octanol–water partition coefficient (Wildman–Crippen LogP) is 4.58. The fraction of sp³-hybridized carbons (Fsp3) is 0. The van der Waals surface area contributed by atoms with Crippen LogP contribution < -0.4 is 10.6 Å². The molecule has 4 aromatic rings. The first-order valence-corrected chi connectivity index (χ1v) is 8.49. The number of hydrogen-bond donors (Lipinski definition) is 2. The summed E-state index contributed by atoms with van der Waals surface area (Å²) in [5, 5.41) is 10.2. The van der Waals surface area contributed by atoms with Gasteiger partial charge in [0.2, 0.25) is 0 Å². The Bertz CT molecular complexity index is 1030. The number of nitrogens with one attached hydrogen (secondary N) is 2. The first-order valence-electron chi connectivity index (χ1n) is 8.49. The van der Waals surface area contributed by atoms with E-state index in [9.17, 15) is 4.79 Å². The number of amides is 2. The normalized spacial score (nSPS) is 10.4. The molecule has 0 atom stereocenters. The van der Waals surface area contributed by atoms with Crippen molar-refractivity contribution in [3.8, 4) is 16.9 Å². The highest BCUT2D eigenvalue weighted by atomic mass is 16.2. The van der Waals surface area contributed by atoms with E-state index < -0.39 is 0 Å². The van der Waals surface area contributed by atoms with Gasteiger partial charge >= 0.3 is 6.03 Å². The van der Waals surface area contributed by atoms with Gasteiger partial charge in [-0.25, -0.2) is 14.5 Å². The van der Waals surface area contributed by atoms with Crippen LogP contribution in [0.3, 0.4) is 0 Å². The van der Waals surface area contributed by atoms with Crippen LogP contribution in [-0.2, 0) is 0 Å². The van der Waals surface area contributed by atoms with E-state index in [1.54, 1.807) is 23.0 Å². The summed E-state index contributed by atoms with van der Waals surface area (Å²) < 4.78 is 1.71. The smallest absolute Gasteiger partial charge is 0.292 e. The molecule has 0 aliphatic rings. The number of anilines is 2. The quantitative estimate of drug-likeness (QED) is 0.563. The van der Waals surface area contributed by atoms with Crippen LogP contribution in [0.5, 0.6) is 0 Å². The van der Waals surface area contributed by atoms with Crippen molar-refractivity contribution in [2.75, 3.05) is 10.6 Å². The first kappa shape index (κ1) is 16.5. The van der Waals surface area contributed by atoms with Gasteiger partial charge in [0.05, 0.1) is 11.4 Å². The SMILES string of the molecule is O=C(Nc1ccccn1)Nc1cc(-c2ccccc2)nn1-c1ccccc1. The van der Waals surface area contributed by atoms with Crippen molar-refractivity contribution in [1.82, 2.24) is 14.8 Å². The van der Waals surface area contributed by atoms with Gasteiger partial charge in [-0.2, -0.15) is 5.10 Å². The summed E-state index contributed by atoms with van der Waals surface area (Å²) in [6, 6.07) is 26.3. The van der Waals surface area contributed by atoms with Crippen LogP contribution in [-0.4, -0.2) is 20.8 Å². The van der Waals surface area contributed by atoms with Gasteiger partial charge in [0.25, 0.3) is 0 Å². The highest BCUT2D eigenvalue weighted by Crippen LogP contribution is 2.24. The summed E-state index contributed by atoms with van der Waals surface area (Å²) in [4.78, 5) is 16.5. The summed E-state index contributed by atoms with van der Waals surface area (Å²) in [5.41, 5.74) is 2.60. The third-order valence-electron chi connectivity index (χ3n) is 3.93. The Kier molecular flexibility index (Phi) is 4.61. The second kappa shape index (κ2) is 7.53. The number of rotatable bonds is 4. The number of carbonyl (C=O) groups is 1. The van der Waals surface area contributed by atoms with E-state index in [0.29, 0.717) is 11.6 Å². The van der Waals surface area contributed by atoms with Gasteiger partial charge in [0.1, 0.15) is 11.6 Å². The van der Waals surface area contributed by atoms with Crippen molar-refractivity contribution in [1.29, 1.82) is 0 Å².